The zero-order valence-electron chi connectivity index (χ0n) is 17.5. The lowest BCUT2D eigenvalue weighted by Gasteiger charge is -2.33. The van der Waals surface area contributed by atoms with Crippen LogP contribution in [0.15, 0.2) is 42.6 Å². The first-order valence-corrected chi connectivity index (χ1v) is 10.5. The number of anilines is 1. The van der Waals surface area contributed by atoms with Crippen LogP contribution in [0.3, 0.4) is 0 Å². The van der Waals surface area contributed by atoms with Gasteiger partial charge in [-0.1, -0.05) is 11.6 Å². The number of likely N-dealkylation sites (N-methyl/N-ethyl adjacent to an activating group) is 1. The molecule has 0 bridgehead atoms. The van der Waals surface area contributed by atoms with Crippen molar-refractivity contribution in [1.82, 2.24) is 25.0 Å². The maximum absolute atomic E-state index is 13.2. The summed E-state index contributed by atoms with van der Waals surface area (Å²) in [7, 11) is 2.11. The normalized spacial score (nSPS) is 14.6. The summed E-state index contributed by atoms with van der Waals surface area (Å²) >= 11 is 6.44. The van der Waals surface area contributed by atoms with Gasteiger partial charge in [0.05, 0.1) is 16.9 Å². The van der Waals surface area contributed by atoms with Crippen LogP contribution in [-0.4, -0.2) is 58.8 Å². The zero-order valence-corrected chi connectivity index (χ0v) is 18.2. The molecule has 3 heterocycles. The van der Waals surface area contributed by atoms with Crippen molar-refractivity contribution in [2.45, 2.75) is 13.5 Å². The number of piperazine rings is 1. The van der Waals surface area contributed by atoms with Crippen molar-refractivity contribution < 1.29 is 9.18 Å². The van der Waals surface area contributed by atoms with Crippen molar-refractivity contribution in [2.75, 3.05) is 38.1 Å². The molecule has 4 rings (SSSR count). The summed E-state index contributed by atoms with van der Waals surface area (Å²) < 4.78 is 14.6. The molecule has 1 fully saturated rings. The van der Waals surface area contributed by atoms with Crippen LogP contribution in [-0.2, 0) is 6.54 Å². The van der Waals surface area contributed by atoms with Crippen LogP contribution < -0.4 is 10.2 Å². The van der Waals surface area contributed by atoms with Crippen LogP contribution >= 0.6 is 11.6 Å². The molecule has 162 valence electrons. The molecule has 3 aromatic rings. The highest BCUT2D eigenvalue weighted by atomic mass is 35.5. The third kappa shape index (κ3) is 4.70. The zero-order chi connectivity index (χ0) is 22.0. The van der Waals surface area contributed by atoms with Gasteiger partial charge in [-0.05, 0) is 55.9 Å². The molecule has 0 unspecified atom stereocenters. The second kappa shape index (κ2) is 9.03. The fourth-order valence-corrected chi connectivity index (χ4v) is 3.92. The van der Waals surface area contributed by atoms with E-state index in [0.29, 0.717) is 23.5 Å². The number of hydrogen-bond donors (Lipinski definition) is 1. The Kier molecular flexibility index (Phi) is 6.20. The number of halogens is 2. The van der Waals surface area contributed by atoms with Crippen molar-refractivity contribution in [3.05, 3.63) is 70.4 Å². The minimum Gasteiger partial charge on any atom is -0.354 e. The molecule has 31 heavy (non-hydrogen) atoms. The summed E-state index contributed by atoms with van der Waals surface area (Å²) in [5.74, 6) is 0.252. The highest BCUT2D eigenvalue weighted by Crippen LogP contribution is 2.24. The molecule has 0 aliphatic carbocycles. The molecule has 0 radical (unpaired) electrons. The Balaban J connectivity index is 1.46. The Morgan fingerprint density at radius 1 is 1.16 bits per heavy atom. The summed E-state index contributed by atoms with van der Waals surface area (Å²) in [6.45, 7) is 5.92. The van der Waals surface area contributed by atoms with Gasteiger partial charge < -0.3 is 15.1 Å². The minimum absolute atomic E-state index is 0.189. The van der Waals surface area contributed by atoms with Crippen LogP contribution in [0.4, 0.5) is 10.2 Å². The average Bonchev–Trinajstić information content (AvgIpc) is 3.07. The summed E-state index contributed by atoms with van der Waals surface area (Å²) in [5.41, 5.74) is 2.34. The number of carbonyl (C=O) groups excluding carboxylic acids is 1. The fourth-order valence-electron chi connectivity index (χ4n) is 3.56. The number of aromatic nitrogens is 3. The summed E-state index contributed by atoms with van der Waals surface area (Å²) in [5, 5.41) is 7.45. The first-order chi connectivity index (χ1) is 14.9. The van der Waals surface area contributed by atoms with Gasteiger partial charge in [0.25, 0.3) is 5.91 Å². The van der Waals surface area contributed by atoms with E-state index in [1.807, 2.05) is 12.1 Å². The van der Waals surface area contributed by atoms with Gasteiger partial charge >= 0.3 is 0 Å². The van der Waals surface area contributed by atoms with Gasteiger partial charge in [0, 0.05) is 38.9 Å². The highest BCUT2D eigenvalue weighted by molar-refractivity contribution is 6.33. The number of amides is 1. The number of aryl methyl sites for hydroxylation is 1. The van der Waals surface area contributed by atoms with Crippen molar-refractivity contribution in [3.63, 3.8) is 0 Å². The topological polar surface area (TPSA) is 66.3 Å². The van der Waals surface area contributed by atoms with E-state index in [0.717, 1.165) is 37.6 Å². The van der Waals surface area contributed by atoms with Crippen molar-refractivity contribution in [1.29, 1.82) is 0 Å². The highest BCUT2D eigenvalue weighted by Gasteiger charge is 2.21. The van der Waals surface area contributed by atoms with Crippen LogP contribution in [0.25, 0.3) is 5.69 Å². The summed E-state index contributed by atoms with van der Waals surface area (Å²) in [6, 6.07) is 9.66. The molecule has 1 amide bonds. The number of pyridine rings is 1. The number of hydrogen-bond acceptors (Lipinski definition) is 5. The Morgan fingerprint density at radius 3 is 2.58 bits per heavy atom. The SMILES string of the molecule is Cc1nn(-c2ccc(F)cc2)c(Cl)c1C(=O)NCc1ccnc(N2CCN(C)CC2)c1. The molecule has 0 spiro atoms. The van der Waals surface area contributed by atoms with E-state index in [4.69, 9.17) is 11.6 Å². The van der Waals surface area contributed by atoms with Gasteiger partial charge in [-0.3, -0.25) is 4.79 Å². The smallest absolute Gasteiger partial charge is 0.256 e. The standard InChI is InChI=1S/C22H24ClFN6O/c1-15-20(21(23)30(27-15)18-5-3-17(24)4-6-18)22(31)26-14-16-7-8-25-19(13-16)29-11-9-28(2)10-12-29/h3-8,13H,9-12,14H2,1-2H3,(H,26,31). The molecule has 0 saturated carbocycles. The van der Waals surface area contributed by atoms with Gasteiger partial charge in [-0.25, -0.2) is 14.1 Å². The first kappa shape index (κ1) is 21.3. The van der Waals surface area contributed by atoms with E-state index in [-0.39, 0.29) is 16.9 Å². The maximum atomic E-state index is 13.2. The monoisotopic (exact) mass is 442 g/mol. The lowest BCUT2D eigenvalue weighted by molar-refractivity contribution is 0.0950. The second-order valence-electron chi connectivity index (χ2n) is 7.63. The molecule has 1 aliphatic rings. The molecule has 0 atom stereocenters. The van der Waals surface area contributed by atoms with Crippen molar-refractivity contribution >= 4 is 23.3 Å². The molecular weight excluding hydrogens is 419 g/mol. The van der Waals surface area contributed by atoms with Gasteiger partial charge in [0.15, 0.2) is 0 Å². The molecule has 7 nitrogen and oxygen atoms in total. The van der Waals surface area contributed by atoms with Gasteiger partial charge in [0.2, 0.25) is 0 Å². The van der Waals surface area contributed by atoms with E-state index < -0.39 is 0 Å². The molecular formula is C22H24ClFN6O. The Bertz CT molecular complexity index is 1080. The Labute approximate surface area is 185 Å². The minimum atomic E-state index is -0.352. The van der Waals surface area contributed by atoms with Crippen LogP contribution in [0.5, 0.6) is 0 Å². The predicted molar refractivity (Wildman–Crippen MR) is 118 cm³/mol. The largest absolute Gasteiger partial charge is 0.354 e. The third-order valence-electron chi connectivity index (χ3n) is 5.39. The van der Waals surface area contributed by atoms with Gasteiger partial charge in [0.1, 0.15) is 16.8 Å². The lowest BCUT2D eigenvalue weighted by Crippen LogP contribution is -2.44. The molecule has 2 aromatic heterocycles. The second-order valence-corrected chi connectivity index (χ2v) is 7.99. The van der Waals surface area contributed by atoms with Crippen molar-refractivity contribution in [2.24, 2.45) is 0 Å². The van der Waals surface area contributed by atoms with Crippen LogP contribution in [0.1, 0.15) is 21.6 Å². The maximum Gasteiger partial charge on any atom is 0.256 e. The fraction of sp³-hybridized carbons (Fsp3) is 0.318. The molecule has 1 saturated heterocycles. The van der Waals surface area contributed by atoms with Gasteiger partial charge in [-0.15, -0.1) is 0 Å². The lowest BCUT2D eigenvalue weighted by atomic mass is 10.2. The van der Waals surface area contributed by atoms with E-state index in [9.17, 15) is 9.18 Å². The number of rotatable bonds is 5. The number of nitrogens with zero attached hydrogens (tertiary/aromatic N) is 5. The van der Waals surface area contributed by atoms with Crippen LogP contribution in [0.2, 0.25) is 5.15 Å². The summed E-state index contributed by atoms with van der Waals surface area (Å²) in [4.78, 5) is 21.9. The van der Waals surface area contributed by atoms with Crippen molar-refractivity contribution in [3.8, 4) is 5.69 Å². The number of benzene rings is 1. The quantitative estimate of drug-likeness (QED) is 0.658. The molecule has 9 heteroatoms. The van der Waals surface area contributed by atoms with Gasteiger partial charge in [-0.2, -0.15) is 5.10 Å². The Morgan fingerprint density at radius 2 is 1.87 bits per heavy atom. The number of nitrogens with one attached hydrogen (secondary N) is 1. The average molecular weight is 443 g/mol. The Hall–Kier alpha value is -2.97. The molecule has 1 aromatic carbocycles. The summed E-state index contributed by atoms with van der Waals surface area (Å²) in [6.07, 6.45) is 1.76. The van der Waals surface area contributed by atoms with E-state index in [2.05, 4.69) is 32.2 Å². The van der Waals surface area contributed by atoms with E-state index in [1.54, 1.807) is 25.3 Å². The third-order valence-corrected chi connectivity index (χ3v) is 5.74. The first-order valence-electron chi connectivity index (χ1n) is 10.1. The van der Waals surface area contributed by atoms with Crippen LogP contribution in [0, 0.1) is 12.7 Å². The molecule has 1 N–H and O–H groups in total. The van der Waals surface area contributed by atoms with E-state index in [1.165, 1.54) is 16.8 Å². The molecule has 1 aliphatic heterocycles. The predicted octanol–water partition coefficient (Wildman–Crippen LogP) is 3.05. The van der Waals surface area contributed by atoms with E-state index >= 15 is 0 Å². The number of carbonyl (C=O) groups is 1.